The first-order chi connectivity index (χ1) is 14.2. The van der Waals surface area contributed by atoms with Gasteiger partial charge in [0.15, 0.2) is 5.13 Å². The summed E-state index contributed by atoms with van der Waals surface area (Å²) in [7, 11) is 1.67. The summed E-state index contributed by atoms with van der Waals surface area (Å²) in [6, 6.07) is 17.9. The normalized spacial score (nSPS) is 14.0. The van der Waals surface area contributed by atoms with Crippen LogP contribution in [0, 0.1) is 0 Å². The molecule has 0 saturated carbocycles. The smallest absolute Gasteiger partial charge is 0.317 e. The summed E-state index contributed by atoms with van der Waals surface area (Å²) in [6.07, 6.45) is 0. The van der Waals surface area contributed by atoms with E-state index in [4.69, 9.17) is 9.72 Å². The average Bonchev–Trinajstić information content (AvgIpc) is 3.29. The minimum atomic E-state index is -0.00953. The van der Waals surface area contributed by atoms with Gasteiger partial charge < -0.3 is 19.9 Å². The Kier molecular flexibility index (Phi) is 5.95. The first kappa shape index (κ1) is 19.3. The maximum atomic E-state index is 12.4. The van der Waals surface area contributed by atoms with Gasteiger partial charge in [0.2, 0.25) is 0 Å². The lowest BCUT2D eigenvalue weighted by Gasteiger charge is -2.34. The van der Waals surface area contributed by atoms with Crippen LogP contribution in [-0.4, -0.2) is 49.2 Å². The molecular formula is C22H24N4O2S. The lowest BCUT2D eigenvalue weighted by atomic mass is 10.2. The van der Waals surface area contributed by atoms with Gasteiger partial charge >= 0.3 is 6.03 Å². The molecule has 0 spiro atoms. The molecule has 1 aromatic heterocycles. The lowest BCUT2D eigenvalue weighted by Crippen LogP contribution is -2.51. The average molecular weight is 409 g/mol. The van der Waals surface area contributed by atoms with Gasteiger partial charge in [0.05, 0.1) is 12.8 Å². The zero-order valence-electron chi connectivity index (χ0n) is 16.4. The van der Waals surface area contributed by atoms with Crippen LogP contribution in [0.3, 0.4) is 0 Å². The van der Waals surface area contributed by atoms with Crippen LogP contribution in [0.25, 0.3) is 11.3 Å². The number of nitrogens with one attached hydrogen (secondary N) is 1. The molecule has 1 aliphatic heterocycles. The fourth-order valence-corrected chi connectivity index (χ4v) is 4.20. The number of benzene rings is 2. The Morgan fingerprint density at radius 1 is 1.10 bits per heavy atom. The predicted molar refractivity (Wildman–Crippen MR) is 117 cm³/mol. The molecule has 0 radical (unpaired) electrons. The third kappa shape index (κ3) is 4.68. The molecule has 0 atom stereocenters. The molecule has 2 heterocycles. The fraction of sp³-hybridized carbons (Fsp3) is 0.273. The van der Waals surface area contributed by atoms with Gasteiger partial charge in [-0.3, -0.25) is 0 Å². The minimum Gasteiger partial charge on any atom is -0.497 e. The Labute approximate surface area is 174 Å². The highest BCUT2D eigenvalue weighted by Gasteiger charge is 2.23. The number of amides is 2. The number of hydrogen-bond acceptors (Lipinski definition) is 5. The van der Waals surface area contributed by atoms with Crippen molar-refractivity contribution in [2.45, 2.75) is 6.54 Å². The number of piperazine rings is 1. The van der Waals surface area contributed by atoms with Gasteiger partial charge in [-0.1, -0.05) is 42.5 Å². The number of rotatable bonds is 5. The van der Waals surface area contributed by atoms with Crippen molar-refractivity contribution >= 4 is 22.5 Å². The highest BCUT2D eigenvalue weighted by atomic mass is 32.1. The molecule has 3 aromatic rings. The molecule has 0 aliphatic carbocycles. The van der Waals surface area contributed by atoms with E-state index in [2.05, 4.69) is 15.6 Å². The van der Waals surface area contributed by atoms with Gasteiger partial charge in [-0.15, -0.1) is 11.3 Å². The summed E-state index contributed by atoms with van der Waals surface area (Å²) in [6.45, 7) is 3.49. The minimum absolute atomic E-state index is 0.00953. The standard InChI is InChI=1S/C22H24N4O2S/c1-28-19-9-5-8-18(14-19)20-16-29-22(24-20)26-12-10-25(11-13-26)21(27)23-15-17-6-3-2-4-7-17/h2-9,14,16H,10-13,15H2,1H3,(H,23,27). The van der Waals surface area contributed by atoms with E-state index in [0.29, 0.717) is 19.6 Å². The van der Waals surface area contributed by atoms with Gasteiger partial charge in [0.1, 0.15) is 5.75 Å². The molecule has 2 amide bonds. The van der Waals surface area contributed by atoms with Crippen LogP contribution in [-0.2, 0) is 6.54 Å². The zero-order chi connectivity index (χ0) is 20.1. The van der Waals surface area contributed by atoms with Crippen LogP contribution >= 0.6 is 11.3 Å². The number of thiazole rings is 1. The Hall–Kier alpha value is -3.06. The van der Waals surface area contributed by atoms with Crippen molar-refractivity contribution in [3.8, 4) is 17.0 Å². The van der Waals surface area contributed by atoms with Crippen molar-refractivity contribution in [1.82, 2.24) is 15.2 Å². The highest BCUT2D eigenvalue weighted by molar-refractivity contribution is 7.14. The monoisotopic (exact) mass is 408 g/mol. The first-order valence-corrected chi connectivity index (χ1v) is 10.5. The summed E-state index contributed by atoms with van der Waals surface area (Å²) in [4.78, 5) is 21.3. The number of nitrogens with zero attached hydrogens (tertiary/aromatic N) is 3. The van der Waals surface area contributed by atoms with Crippen LogP contribution in [0.4, 0.5) is 9.93 Å². The summed E-state index contributed by atoms with van der Waals surface area (Å²) in [5.74, 6) is 0.826. The largest absolute Gasteiger partial charge is 0.497 e. The van der Waals surface area contributed by atoms with E-state index in [0.717, 1.165) is 40.8 Å². The van der Waals surface area contributed by atoms with Crippen LogP contribution in [0.15, 0.2) is 60.0 Å². The first-order valence-electron chi connectivity index (χ1n) is 9.64. The zero-order valence-corrected chi connectivity index (χ0v) is 17.2. The number of ether oxygens (including phenoxy) is 1. The second-order valence-electron chi connectivity index (χ2n) is 6.87. The molecule has 0 bridgehead atoms. The van der Waals surface area contributed by atoms with E-state index in [-0.39, 0.29) is 6.03 Å². The number of aromatic nitrogens is 1. The molecule has 0 unspecified atom stereocenters. The molecule has 7 heteroatoms. The van der Waals surface area contributed by atoms with E-state index in [1.165, 1.54) is 0 Å². The summed E-state index contributed by atoms with van der Waals surface area (Å²) in [5.41, 5.74) is 3.10. The number of urea groups is 1. The molecular weight excluding hydrogens is 384 g/mol. The quantitative estimate of drug-likeness (QED) is 0.697. The second-order valence-corrected chi connectivity index (χ2v) is 7.70. The molecule has 6 nitrogen and oxygen atoms in total. The molecule has 1 aliphatic rings. The number of hydrogen-bond donors (Lipinski definition) is 1. The van der Waals surface area contributed by atoms with E-state index >= 15 is 0 Å². The molecule has 1 N–H and O–H groups in total. The number of carbonyl (C=O) groups excluding carboxylic acids is 1. The Morgan fingerprint density at radius 3 is 2.66 bits per heavy atom. The topological polar surface area (TPSA) is 57.7 Å². The van der Waals surface area contributed by atoms with Gasteiger partial charge in [-0.05, 0) is 17.7 Å². The molecule has 150 valence electrons. The summed E-state index contributed by atoms with van der Waals surface area (Å²) < 4.78 is 5.30. The van der Waals surface area contributed by atoms with Gasteiger partial charge in [-0.2, -0.15) is 0 Å². The van der Waals surface area contributed by atoms with E-state index in [1.54, 1.807) is 18.4 Å². The number of methoxy groups -OCH3 is 1. The van der Waals surface area contributed by atoms with Crippen molar-refractivity contribution in [2.24, 2.45) is 0 Å². The van der Waals surface area contributed by atoms with Crippen LogP contribution in [0.2, 0.25) is 0 Å². The van der Waals surface area contributed by atoms with Crippen molar-refractivity contribution in [2.75, 3.05) is 38.2 Å². The van der Waals surface area contributed by atoms with Crippen molar-refractivity contribution in [3.63, 3.8) is 0 Å². The van der Waals surface area contributed by atoms with Crippen molar-refractivity contribution < 1.29 is 9.53 Å². The molecule has 1 saturated heterocycles. The third-order valence-corrected chi connectivity index (χ3v) is 5.88. The van der Waals surface area contributed by atoms with Crippen LogP contribution in [0.1, 0.15) is 5.56 Å². The van der Waals surface area contributed by atoms with Gasteiger partial charge in [-0.25, -0.2) is 9.78 Å². The van der Waals surface area contributed by atoms with E-state index in [9.17, 15) is 4.79 Å². The number of anilines is 1. The van der Waals surface area contributed by atoms with E-state index in [1.807, 2.05) is 59.5 Å². The van der Waals surface area contributed by atoms with Crippen LogP contribution in [0.5, 0.6) is 5.75 Å². The molecule has 2 aromatic carbocycles. The summed E-state index contributed by atoms with van der Waals surface area (Å²) >= 11 is 1.64. The third-order valence-electron chi connectivity index (χ3n) is 4.98. The molecule has 1 fully saturated rings. The highest BCUT2D eigenvalue weighted by Crippen LogP contribution is 2.29. The van der Waals surface area contributed by atoms with Crippen molar-refractivity contribution in [3.05, 3.63) is 65.5 Å². The number of carbonyl (C=O) groups is 1. The summed E-state index contributed by atoms with van der Waals surface area (Å²) in [5, 5.41) is 6.07. The maximum Gasteiger partial charge on any atom is 0.317 e. The molecule has 4 rings (SSSR count). The van der Waals surface area contributed by atoms with Crippen LogP contribution < -0.4 is 15.0 Å². The van der Waals surface area contributed by atoms with Gasteiger partial charge in [0.25, 0.3) is 0 Å². The molecule has 29 heavy (non-hydrogen) atoms. The maximum absolute atomic E-state index is 12.4. The Bertz CT molecular complexity index is 952. The van der Waals surface area contributed by atoms with Gasteiger partial charge in [0, 0.05) is 43.7 Å². The second kappa shape index (κ2) is 8.96. The van der Waals surface area contributed by atoms with E-state index < -0.39 is 0 Å². The predicted octanol–water partition coefficient (Wildman–Crippen LogP) is 3.85. The Morgan fingerprint density at radius 2 is 1.90 bits per heavy atom. The fourth-order valence-electron chi connectivity index (χ4n) is 3.31. The lowest BCUT2D eigenvalue weighted by molar-refractivity contribution is 0.194. The Balaban J connectivity index is 1.31. The van der Waals surface area contributed by atoms with Crippen molar-refractivity contribution in [1.29, 1.82) is 0 Å². The SMILES string of the molecule is COc1cccc(-c2csc(N3CCN(C(=O)NCc4ccccc4)CC3)n2)c1.